The van der Waals surface area contributed by atoms with E-state index in [0.29, 0.717) is 5.56 Å². The van der Waals surface area contributed by atoms with Crippen LogP contribution in [0.2, 0.25) is 0 Å². The number of amides is 1. The molecule has 3 rings (SSSR count). The number of quaternary nitrogens is 1. The summed E-state index contributed by atoms with van der Waals surface area (Å²) in [4.78, 5) is 15.9. The normalized spacial score (nSPS) is 22.8. The Morgan fingerprint density at radius 1 is 1.18 bits per heavy atom. The summed E-state index contributed by atoms with van der Waals surface area (Å²) in [5.74, 6) is 0.534. The lowest BCUT2D eigenvalue weighted by atomic mass is 9.94. The van der Waals surface area contributed by atoms with Crippen LogP contribution in [0.1, 0.15) is 29.6 Å². The molecule has 1 heterocycles. The van der Waals surface area contributed by atoms with Crippen molar-refractivity contribution in [2.24, 2.45) is 5.92 Å². The van der Waals surface area contributed by atoms with E-state index in [9.17, 15) is 9.18 Å². The first kappa shape index (κ1) is 15.2. The summed E-state index contributed by atoms with van der Waals surface area (Å²) in [7, 11) is 0. The van der Waals surface area contributed by atoms with Crippen molar-refractivity contribution in [3.05, 3.63) is 47.8 Å². The molecule has 1 aliphatic carbocycles. The van der Waals surface area contributed by atoms with Crippen LogP contribution < -0.4 is 4.90 Å². The van der Waals surface area contributed by atoms with Crippen molar-refractivity contribution >= 4 is 5.91 Å². The highest BCUT2D eigenvalue weighted by Crippen LogP contribution is 2.16. The standard InChI is InChI=1S/C18H23FN2O/c19-17-8-6-16(7-9-17)18(22)21-12-10-20(11-13-21)14-15-4-2-1-3-5-15/h1-2,6-9,15H,3-5,10-14H2/p+1/t15-/m0/s1. The summed E-state index contributed by atoms with van der Waals surface area (Å²) in [6.07, 6.45) is 8.32. The van der Waals surface area contributed by atoms with Crippen LogP contribution in [0, 0.1) is 11.7 Å². The average molecular weight is 303 g/mol. The molecule has 1 atom stereocenters. The molecule has 0 bridgehead atoms. The molecule has 1 fully saturated rings. The maximum absolute atomic E-state index is 12.9. The maximum atomic E-state index is 12.9. The van der Waals surface area contributed by atoms with E-state index in [1.165, 1.54) is 37.9 Å². The van der Waals surface area contributed by atoms with Crippen molar-refractivity contribution < 1.29 is 14.1 Å². The minimum Gasteiger partial charge on any atom is -0.332 e. The van der Waals surface area contributed by atoms with Crippen LogP contribution >= 0.6 is 0 Å². The number of allylic oxidation sites excluding steroid dienone is 2. The lowest BCUT2D eigenvalue weighted by molar-refractivity contribution is -0.907. The zero-order valence-corrected chi connectivity index (χ0v) is 12.9. The van der Waals surface area contributed by atoms with Gasteiger partial charge in [-0.1, -0.05) is 12.2 Å². The molecule has 3 nitrogen and oxygen atoms in total. The van der Waals surface area contributed by atoms with Crippen LogP contribution in [0.25, 0.3) is 0 Å². The van der Waals surface area contributed by atoms with Gasteiger partial charge < -0.3 is 9.80 Å². The van der Waals surface area contributed by atoms with Gasteiger partial charge in [0, 0.05) is 11.5 Å². The van der Waals surface area contributed by atoms with Gasteiger partial charge in [0.15, 0.2) is 0 Å². The molecular weight excluding hydrogens is 279 g/mol. The molecule has 1 saturated heterocycles. The second-order valence-corrected chi connectivity index (χ2v) is 6.40. The van der Waals surface area contributed by atoms with E-state index in [0.717, 1.165) is 32.1 Å². The second kappa shape index (κ2) is 7.05. The number of nitrogens with zero attached hydrogens (tertiary/aromatic N) is 1. The highest BCUT2D eigenvalue weighted by atomic mass is 19.1. The molecule has 22 heavy (non-hydrogen) atoms. The number of rotatable bonds is 3. The first-order chi connectivity index (χ1) is 10.7. The van der Waals surface area contributed by atoms with E-state index in [-0.39, 0.29) is 11.7 Å². The Hall–Kier alpha value is -1.68. The second-order valence-electron chi connectivity index (χ2n) is 6.40. The Balaban J connectivity index is 1.49. The van der Waals surface area contributed by atoms with Crippen LogP contribution in [0.15, 0.2) is 36.4 Å². The summed E-state index contributed by atoms with van der Waals surface area (Å²) >= 11 is 0. The van der Waals surface area contributed by atoms with Gasteiger partial charge in [-0.3, -0.25) is 4.79 Å². The molecule has 1 aromatic rings. The smallest absolute Gasteiger partial charge is 0.254 e. The first-order valence-corrected chi connectivity index (χ1v) is 8.26. The van der Waals surface area contributed by atoms with Gasteiger partial charge in [-0.15, -0.1) is 0 Å². The minimum atomic E-state index is -0.299. The zero-order valence-electron chi connectivity index (χ0n) is 12.9. The molecule has 0 saturated carbocycles. The van der Waals surface area contributed by atoms with Gasteiger partial charge in [-0.25, -0.2) is 4.39 Å². The number of hydrogen-bond acceptors (Lipinski definition) is 1. The molecule has 1 aromatic carbocycles. The van der Waals surface area contributed by atoms with E-state index in [1.807, 2.05) is 4.90 Å². The van der Waals surface area contributed by atoms with Crippen LogP contribution in [0.4, 0.5) is 4.39 Å². The largest absolute Gasteiger partial charge is 0.332 e. The fraction of sp³-hybridized carbons (Fsp3) is 0.500. The molecule has 4 heteroatoms. The fourth-order valence-corrected chi connectivity index (χ4v) is 3.46. The fourth-order valence-electron chi connectivity index (χ4n) is 3.46. The summed E-state index contributed by atoms with van der Waals surface area (Å²) in [5, 5.41) is 0. The summed E-state index contributed by atoms with van der Waals surface area (Å²) in [6, 6.07) is 5.85. The van der Waals surface area contributed by atoms with Crippen LogP contribution in [0.5, 0.6) is 0 Å². The number of nitrogens with one attached hydrogen (secondary N) is 1. The van der Waals surface area contributed by atoms with Crippen molar-refractivity contribution in [3.63, 3.8) is 0 Å². The van der Waals surface area contributed by atoms with Gasteiger partial charge in [0.05, 0.1) is 32.7 Å². The van der Waals surface area contributed by atoms with E-state index in [4.69, 9.17) is 0 Å². The number of carbonyl (C=O) groups is 1. The molecule has 1 amide bonds. The molecule has 118 valence electrons. The summed E-state index contributed by atoms with van der Waals surface area (Å²) in [6.45, 7) is 4.87. The highest BCUT2D eigenvalue weighted by molar-refractivity contribution is 5.94. The predicted molar refractivity (Wildman–Crippen MR) is 84.3 cm³/mol. The van der Waals surface area contributed by atoms with Gasteiger partial charge in [-0.2, -0.15) is 0 Å². The van der Waals surface area contributed by atoms with Gasteiger partial charge in [0.2, 0.25) is 0 Å². The van der Waals surface area contributed by atoms with Crippen LogP contribution in [-0.2, 0) is 0 Å². The third-order valence-electron chi connectivity index (χ3n) is 4.80. The molecule has 0 radical (unpaired) electrons. The van der Waals surface area contributed by atoms with Gasteiger partial charge >= 0.3 is 0 Å². The Bertz CT molecular complexity index is 533. The van der Waals surface area contributed by atoms with Gasteiger partial charge in [-0.05, 0) is 43.5 Å². The van der Waals surface area contributed by atoms with Crippen molar-refractivity contribution in [1.82, 2.24) is 4.90 Å². The summed E-state index contributed by atoms with van der Waals surface area (Å²) in [5.41, 5.74) is 0.585. The lowest BCUT2D eigenvalue weighted by Crippen LogP contribution is -3.15. The Kier molecular flexibility index (Phi) is 4.88. The number of carbonyl (C=O) groups excluding carboxylic acids is 1. The van der Waals surface area contributed by atoms with Gasteiger partial charge in [0.25, 0.3) is 5.91 Å². The number of benzene rings is 1. The lowest BCUT2D eigenvalue weighted by Gasteiger charge is -2.34. The predicted octanol–water partition coefficient (Wildman–Crippen LogP) is 1.52. The molecule has 0 spiro atoms. The Morgan fingerprint density at radius 3 is 2.55 bits per heavy atom. The van der Waals surface area contributed by atoms with Gasteiger partial charge in [0.1, 0.15) is 5.82 Å². The molecule has 2 aliphatic rings. The monoisotopic (exact) mass is 303 g/mol. The summed E-state index contributed by atoms with van der Waals surface area (Å²) < 4.78 is 12.9. The highest BCUT2D eigenvalue weighted by Gasteiger charge is 2.26. The van der Waals surface area contributed by atoms with E-state index in [2.05, 4.69) is 12.2 Å². The number of halogens is 1. The van der Waals surface area contributed by atoms with E-state index < -0.39 is 0 Å². The molecule has 1 N–H and O–H groups in total. The molecule has 0 aromatic heterocycles. The van der Waals surface area contributed by atoms with Crippen molar-refractivity contribution in [1.29, 1.82) is 0 Å². The Labute approximate surface area is 131 Å². The van der Waals surface area contributed by atoms with E-state index in [1.54, 1.807) is 17.0 Å². The quantitative estimate of drug-likeness (QED) is 0.842. The zero-order chi connectivity index (χ0) is 15.4. The van der Waals surface area contributed by atoms with Crippen molar-refractivity contribution in [3.8, 4) is 0 Å². The first-order valence-electron chi connectivity index (χ1n) is 8.26. The van der Waals surface area contributed by atoms with Crippen LogP contribution in [-0.4, -0.2) is 43.5 Å². The molecule has 0 unspecified atom stereocenters. The molecular formula is C18H24FN2O+. The Morgan fingerprint density at radius 2 is 1.91 bits per heavy atom. The topological polar surface area (TPSA) is 24.8 Å². The van der Waals surface area contributed by atoms with Crippen molar-refractivity contribution in [2.45, 2.75) is 19.3 Å². The molecule has 1 aliphatic heterocycles. The average Bonchev–Trinajstić information content (AvgIpc) is 2.57. The third-order valence-corrected chi connectivity index (χ3v) is 4.80. The third kappa shape index (κ3) is 3.74. The maximum Gasteiger partial charge on any atom is 0.254 e. The van der Waals surface area contributed by atoms with Crippen LogP contribution in [0.3, 0.4) is 0 Å². The SMILES string of the molecule is O=C(c1ccc(F)cc1)N1CC[NH+](C[C@H]2CC=CCC2)CC1. The van der Waals surface area contributed by atoms with Crippen molar-refractivity contribution in [2.75, 3.05) is 32.7 Å². The number of hydrogen-bond donors (Lipinski definition) is 1. The number of piperazine rings is 1. The minimum absolute atomic E-state index is 0.0275. The van der Waals surface area contributed by atoms with E-state index >= 15 is 0 Å².